The van der Waals surface area contributed by atoms with E-state index >= 15 is 0 Å². The molecule has 8 aromatic heterocycles. The zero-order valence-corrected chi connectivity index (χ0v) is 48.8. The summed E-state index contributed by atoms with van der Waals surface area (Å²) in [6, 6.07) is 50.0. The summed E-state index contributed by atoms with van der Waals surface area (Å²) in [6.45, 7) is 9.96. The van der Waals surface area contributed by atoms with E-state index in [4.69, 9.17) is 20.5 Å². The fraction of sp³-hybridized carbons (Fsp3) is 0.140. The van der Waals surface area contributed by atoms with Crippen LogP contribution in [0.4, 0.5) is 96.9 Å². The van der Waals surface area contributed by atoms with Gasteiger partial charge in [0.1, 0.15) is 0 Å². The van der Waals surface area contributed by atoms with Gasteiger partial charge in [-0.3, -0.25) is 0 Å². The Morgan fingerprint density at radius 2 is 0.422 bits per heavy atom. The van der Waals surface area contributed by atoms with Crippen LogP contribution in [0.3, 0.4) is 0 Å². The summed E-state index contributed by atoms with van der Waals surface area (Å²) in [5, 5.41) is 38.8. The Balaban J connectivity index is -0.000000282. The SMILES string of the molecule is CC#N.CC#N.CC#N.CCOCC.F[P-](F)(F)(F)(F)F.F[P-](F)(F)(F)(F)F.[Co+2].[Co+2].[Co+2].c1ccc([N-]c2ccccn2)nc1.c1ccc([N-]c2ccccn2)nc1.c1ccc([N-]c2ccccn2)nc1.c1ccc([N-]c2ccccn2)nc1. The van der Waals surface area contributed by atoms with Crippen LogP contribution < -0.4 is 0 Å². The molecular weight excluding hydrogens is 1290 g/mol. The van der Waals surface area contributed by atoms with Gasteiger partial charge in [-0.05, 0) is 112 Å². The van der Waals surface area contributed by atoms with E-state index in [2.05, 4.69) is 61.1 Å². The molecule has 8 heterocycles. The average Bonchev–Trinajstić information content (AvgIpc) is 3.39. The van der Waals surface area contributed by atoms with E-state index in [9.17, 15) is 50.4 Å². The van der Waals surface area contributed by atoms with E-state index in [-0.39, 0.29) is 50.3 Å². The van der Waals surface area contributed by atoms with E-state index in [0.717, 1.165) is 13.2 Å². The molecule has 453 valence electrons. The van der Waals surface area contributed by atoms with Crippen LogP contribution in [0.1, 0.15) is 34.6 Å². The Morgan fingerprint density at radius 3 is 0.482 bits per heavy atom. The molecule has 0 N–H and O–H groups in total. The third-order valence-corrected chi connectivity index (χ3v) is 6.52. The quantitative estimate of drug-likeness (QED) is 0.0917. The fourth-order valence-electron chi connectivity index (χ4n) is 4.03. The molecule has 8 aromatic rings. The number of nitriles is 3. The number of rotatable bonds is 10. The molecule has 16 nitrogen and oxygen atoms in total. The van der Waals surface area contributed by atoms with Crippen LogP contribution in [0.5, 0.6) is 0 Å². The Morgan fingerprint density at radius 1 is 0.313 bits per heavy atom. The monoisotopic (exact) mass is 1340 g/mol. The van der Waals surface area contributed by atoms with Crippen LogP contribution in [-0.2, 0) is 55.1 Å². The summed E-state index contributed by atoms with van der Waals surface area (Å²) in [5.41, 5.74) is 0. The third-order valence-electron chi connectivity index (χ3n) is 6.52. The normalized spacial score (nSPS) is 10.7. The molecule has 83 heavy (non-hydrogen) atoms. The summed E-state index contributed by atoms with van der Waals surface area (Å²) in [4.78, 5) is 32.5. The third kappa shape index (κ3) is 70.4. The molecule has 0 aliphatic carbocycles. The molecule has 0 aromatic carbocycles. The molecule has 0 saturated carbocycles. The van der Waals surface area contributed by atoms with E-state index in [1.807, 2.05) is 159 Å². The summed E-state index contributed by atoms with van der Waals surface area (Å²) >= 11 is 0. The van der Waals surface area contributed by atoms with Gasteiger partial charge in [0.25, 0.3) is 0 Å². The minimum Gasteiger partial charge on any atom is -0.369 e. The Kier molecular flexibility index (Phi) is 43.7. The maximum absolute atomic E-state index is 10.7. The van der Waals surface area contributed by atoms with Crippen LogP contribution in [0.2, 0.25) is 0 Å². The zero-order valence-electron chi connectivity index (χ0n) is 43.9. The molecule has 0 saturated heterocycles. The molecule has 0 atom stereocenters. The summed E-state index contributed by atoms with van der Waals surface area (Å²) in [6.07, 6.45) is 13.7. The van der Waals surface area contributed by atoms with Crippen molar-refractivity contribution >= 4 is 62.2 Å². The van der Waals surface area contributed by atoms with E-state index < -0.39 is 15.6 Å². The first-order chi connectivity index (χ1) is 37.4. The predicted octanol–water partition coefficient (Wildman–Crippen LogP) is 20.6. The molecule has 3 radical (unpaired) electrons. The molecule has 0 aliphatic rings. The summed E-state index contributed by atoms with van der Waals surface area (Å²) < 4.78 is 123. The molecule has 0 spiro atoms. The van der Waals surface area contributed by atoms with Crippen LogP contribution in [0.25, 0.3) is 21.3 Å². The minimum absolute atomic E-state index is 0. The number of hydrogen-bond acceptors (Lipinski definition) is 12. The van der Waals surface area contributed by atoms with Gasteiger partial charge in [0.05, 0.1) is 18.2 Å². The first-order valence-corrected chi connectivity index (χ1v) is 26.2. The van der Waals surface area contributed by atoms with Crippen molar-refractivity contribution in [1.29, 1.82) is 15.8 Å². The maximum atomic E-state index is 9.87. The van der Waals surface area contributed by atoms with Gasteiger partial charge in [0.15, 0.2) is 0 Å². The largest absolute Gasteiger partial charge is 2.00 e. The van der Waals surface area contributed by atoms with Gasteiger partial charge >= 0.3 is 116 Å². The second kappa shape index (κ2) is 43.1. The summed E-state index contributed by atoms with van der Waals surface area (Å²) in [5.74, 6) is 5.45. The van der Waals surface area contributed by atoms with Crippen molar-refractivity contribution < 1.29 is 105 Å². The van der Waals surface area contributed by atoms with Crippen LogP contribution in [0, 0.1) is 34.0 Å². The van der Waals surface area contributed by atoms with Crippen molar-refractivity contribution in [1.82, 2.24) is 39.9 Å². The Hall–Kier alpha value is -7.63. The molecule has 33 heteroatoms. The van der Waals surface area contributed by atoms with Crippen LogP contribution in [0.15, 0.2) is 195 Å². The van der Waals surface area contributed by atoms with E-state index in [1.165, 1.54) is 20.8 Å². The van der Waals surface area contributed by atoms with Gasteiger partial charge in [-0.1, -0.05) is 97.1 Å². The number of aromatic nitrogens is 8. The number of hydrogen-bond donors (Lipinski definition) is 0. The van der Waals surface area contributed by atoms with Crippen molar-refractivity contribution in [3.63, 3.8) is 0 Å². The number of ether oxygens (including phenoxy) is 1. The van der Waals surface area contributed by atoms with Crippen molar-refractivity contribution in [2.24, 2.45) is 0 Å². The second-order valence-corrected chi connectivity index (χ2v) is 17.2. The van der Waals surface area contributed by atoms with Crippen LogP contribution in [-0.4, -0.2) is 53.1 Å². The molecule has 0 bridgehead atoms. The standard InChI is InChI=1S/4C10H8N3.C4H10O.3C2H3N.3Co.2F6P/c4*1-3-7-11-9(5-1)13-10-6-2-4-8-12-10;1-3-5-4-2;3*1-2-3;;;;2*1-7(2,3,4,5)6/h4*1-8H;3-4H2,1-2H3;3*1H3;;;;;/q4*-1;;;;;3*+2;2*-1. The Labute approximate surface area is 503 Å². The van der Waals surface area contributed by atoms with Crippen molar-refractivity contribution in [3.05, 3.63) is 216 Å². The topological polar surface area (TPSA) is 240 Å². The minimum atomic E-state index is -10.7. The molecular formula is C50H51Co3F12N15OP2. The first-order valence-electron chi connectivity index (χ1n) is 22.1. The van der Waals surface area contributed by atoms with Crippen molar-refractivity contribution in [2.45, 2.75) is 34.6 Å². The van der Waals surface area contributed by atoms with Gasteiger partial charge in [-0.2, -0.15) is 15.8 Å². The fourth-order valence-corrected chi connectivity index (χ4v) is 4.03. The van der Waals surface area contributed by atoms with Crippen molar-refractivity contribution in [2.75, 3.05) is 13.2 Å². The van der Waals surface area contributed by atoms with E-state index in [0.29, 0.717) is 46.5 Å². The van der Waals surface area contributed by atoms with Gasteiger partial charge in [-0.15, -0.1) is 0 Å². The molecule has 0 aliphatic heterocycles. The molecule has 0 amide bonds. The second-order valence-electron chi connectivity index (χ2n) is 13.3. The van der Waals surface area contributed by atoms with Crippen LogP contribution >= 0.6 is 15.6 Å². The predicted molar refractivity (Wildman–Crippen MR) is 288 cm³/mol. The Bertz CT molecular complexity index is 2390. The summed E-state index contributed by atoms with van der Waals surface area (Å²) in [7, 11) is -21.3. The van der Waals surface area contributed by atoms with Gasteiger partial charge in [0.2, 0.25) is 0 Å². The molecule has 0 fully saturated rings. The average molecular weight is 1340 g/mol. The number of pyridine rings is 8. The molecule has 8 rings (SSSR count). The van der Waals surface area contributed by atoms with Gasteiger partial charge in [0, 0.05) is 80.5 Å². The smallest absolute Gasteiger partial charge is 0.369 e. The number of nitrogens with zero attached hydrogens (tertiary/aromatic N) is 15. The van der Waals surface area contributed by atoms with Gasteiger partial charge < -0.3 is 65.9 Å². The first kappa shape index (κ1) is 84.2. The molecule has 0 unspecified atom stereocenters. The zero-order chi connectivity index (χ0) is 60.8. The van der Waals surface area contributed by atoms with E-state index in [1.54, 1.807) is 67.8 Å². The number of halogens is 12. The van der Waals surface area contributed by atoms with Gasteiger partial charge in [-0.25, -0.2) is 0 Å². The van der Waals surface area contributed by atoms with Crippen molar-refractivity contribution in [3.8, 4) is 18.2 Å². The maximum Gasteiger partial charge on any atom is 2.00 e.